The van der Waals surface area contributed by atoms with E-state index in [0.29, 0.717) is 23.2 Å². The van der Waals surface area contributed by atoms with Gasteiger partial charge in [-0.15, -0.1) is 0 Å². The second kappa shape index (κ2) is 4.98. The summed E-state index contributed by atoms with van der Waals surface area (Å²) >= 11 is 7.38. The number of carbonyl (C=O) groups excluding carboxylic acids is 1. The predicted molar refractivity (Wildman–Crippen MR) is 73.2 cm³/mol. The lowest BCUT2D eigenvalue weighted by Crippen LogP contribution is -2.25. The molecule has 2 rings (SSSR count). The van der Waals surface area contributed by atoms with E-state index in [0.717, 1.165) is 11.3 Å². The average molecular weight is 318 g/mol. The first-order chi connectivity index (χ1) is 8.02. The maximum atomic E-state index is 13.3. The van der Waals surface area contributed by atoms with Crippen LogP contribution in [0.1, 0.15) is 12.0 Å². The van der Waals surface area contributed by atoms with Crippen molar-refractivity contribution in [3.8, 4) is 0 Å². The molecule has 1 aliphatic heterocycles. The maximum Gasteiger partial charge on any atom is 0.227 e. The van der Waals surface area contributed by atoms with Crippen LogP contribution in [-0.4, -0.2) is 18.2 Å². The molecule has 1 heterocycles. The van der Waals surface area contributed by atoms with Gasteiger partial charge >= 0.3 is 0 Å². The molecule has 1 aromatic rings. The molecule has 0 aromatic heterocycles. The number of amides is 1. The van der Waals surface area contributed by atoms with Crippen LogP contribution in [0.2, 0.25) is 0 Å². The molecule has 2 nitrogen and oxygen atoms in total. The third kappa shape index (κ3) is 2.50. The van der Waals surface area contributed by atoms with E-state index in [-0.39, 0.29) is 17.6 Å². The van der Waals surface area contributed by atoms with Crippen LogP contribution in [0.5, 0.6) is 0 Å². The second-order valence-corrected chi connectivity index (χ2v) is 5.53. The predicted octanol–water partition coefficient (Wildman–Crippen LogP) is 3.18. The minimum Gasteiger partial charge on any atom is -0.312 e. The van der Waals surface area contributed by atoms with Gasteiger partial charge in [0.2, 0.25) is 5.91 Å². The third-order valence-corrected chi connectivity index (χ3v) is 4.12. The van der Waals surface area contributed by atoms with Crippen molar-refractivity contribution < 1.29 is 9.18 Å². The zero-order chi connectivity index (χ0) is 12.6. The Morgan fingerprint density at radius 3 is 2.88 bits per heavy atom. The molecule has 1 aromatic carbocycles. The van der Waals surface area contributed by atoms with Crippen molar-refractivity contribution in [2.24, 2.45) is 5.92 Å². The molecular formula is C12H13BrFNOS. The van der Waals surface area contributed by atoms with Crippen LogP contribution in [0.4, 0.5) is 10.1 Å². The highest BCUT2D eigenvalue weighted by Gasteiger charge is 2.30. The largest absolute Gasteiger partial charge is 0.312 e. The van der Waals surface area contributed by atoms with Crippen molar-refractivity contribution in [3.05, 3.63) is 28.0 Å². The number of hydrogen-bond acceptors (Lipinski definition) is 2. The van der Waals surface area contributed by atoms with Crippen LogP contribution in [0.15, 0.2) is 16.6 Å². The molecular weight excluding hydrogens is 305 g/mol. The molecule has 92 valence electrons. The number of nitrogens with zero attached hydrogens (tertiary/aromatic N) is 1. The van der Waals surface area contributed by atoms with E-state index >= 15 is 0 Å². The zero-order valence-electron chi connectivity index (χ0n) is 9.41. The molecule has 1 amide bonds. The molecule has 0 bridgehead atoms. The monoisotopic (exact) mass is 317 g/mol. The van der Waals surface area contributed by atoms with Crippen molar-refractivity contribution >= 4 is 40.2 Å². The smallest absolute Gasteiger partial charge is 0.227 e. The Labute approximate surface area is 114 Å². The molecule has 0 aliphatic carbocycles. The Bertz CT molecular complexity index is 466. The zero-order valence-corrected chi connectivity index (χ0v) is 11.9. The van der Waals surface area contributed by atoms with E-state index in [1.54, 1.807) is 11.0 Å². The van der Waals surface area contributed by atoms with E-state index in [1.165, 1.54) is 6.07 Å². The number of rotatable bonds is 2. The van der Waals surface area contributed by atoms with Gasteiger partial charge in [-0.1, -0.05) is 0 Å². The van der Waals surface area contributed by atoms with Crippen LogP contribution in [0.3, 0.4) is 0 Å². The van der Waals surface area contributed by atoms with Gasteiger partial charge in [0, 0.05) is 18.7 Å². The fourth-order valence-corrected chi connectivity index (χ4v) is 2.64. The Balaban J connectivity index is 2.35. The average Bonchev–Trinajstić information content (AvgIpc) is 2.65. The van der Waals surface area contributed by atoms with E-state index in [9.17, 15) is 9.18 Å². The lowest BCUT2D eigenvalue weighted by Gasteiger charge is -2.19. The first kappa shape index (κ1) is 12.9. The molecule has 5 heteroatoms. The summed E-state index contributed by atoms with van der Waals surface area (Å²) in [5.41, 5.74) is 1.56. The summed E-state index contributed by atoms with van der Waals surface area (Å²) in [7, 11) is 0. The summed E-state index contributed by atoms with van der Waals surface area (Å²) in [4.78, 5) is 13.6. The van der Waals surface area contributed by atoms with Gasteiger partial charge < -0.3 is 4.90 Å². The van der Waals surface area contributed by atoms with Gasteiger partial charge in [-0.3, -0.25) is 4.79 Å². The first-order valence-electron chi connectivity index (χ1n) is 5.39. The standard InChI is InChI=1S/C12H13BrFNOS/c1-7-2-10(14)9(13)4-11(7)15-5-8(6-17)3-12(15)16/h2,4,8,17H,3,5-6H2,1H3. The molecule has 1 atom stereocenters. The Kier molecular flexibility index (Phi) is 3.78. The van der Waals surface area contributed by atoms with Crippen LogP contribution in [-0.2, 0) is 4.79 Å². The highest BCUT2D eigenvalue weighted by atomic mass is 79.9. The second-order valence-electron chi connectivity index (χ2n) is 4.31. The van der Waals surface area contributed by atoms with Crippen LogP contribution in [0.25, 0.3) is 0 Å². The minimum atomic E-state index is -0.302. The summed E-state index contributed by atoms with van der Waals surface area (Å²) in [6.07, 6.45) is 0.526. The molecule has 1 unspecified atom stereocenters. The van der Waals surface area contributed by atoms with E-state index in [4.69, 9.17) is 0 Å². The number of benzene rings is 1. The minimum absolute atomic E-state index is 0.0886. The lowest BCUT2D eigenvalue weighted by atomic mass is 10.1. The van der Waals surface area contributed by atoms with Gasteiger partial charge in [-0.05, 0) is 52.2 Å². The number of hydrogen-bond donors (Lipinski definition) is 1. The Morgan fingerprint density at radius 1 is 1.59 bits per heavy atom. The molecule has 0 radical (unpaired) electrons. The number of halogens is 2. The molecule has 0 saturated carbocycles. The molecule has 0 spiro atoms. The highest BCUT2D eigenvalue weighted by molar-refractivity contribution is 9.10. The van der Waals surface area contributed by atoms with Crippen LogP contribution < -0.4 is 4.90 Å². The van der Waals surface area contributed by atoms with E-state index in [2.05, 4.69) is 28.6 Å². The quantitative estimate of drug-likeness (QED) is 0.831. The molecule has 1 fully saturated rings. The number of carbonyl (C=O) groups is 1. The number of thiol groups is 1. The highest BCUT2D eigenvalue weighted by Crippen LogP contribution is 2.31. The van der Waals surface area contributed by atoms with Crippen molar-refractivity contribution in [2.75, 3.05) is 17.2 Å². The third-order valence-electron chi connectivity index (χ3n) is 2.99. The fraction of sp³-hybridized carbons (Fsp3) is 0.417. The van der Waals surface area contributed by atoms with Crippen molar-refractivity contribution in [3.63, 3.8) is 0 Å². The summed E-state index contributed by atoms with van der Waals surface area (Å²) in [5, 5.41) is 0. The Morgan fingerprint density at radius 2 is 2.29 bits per heavy atom. The van der Waals surface area contributed by atoms with Gasteiger partial charge in [0.1, 0.15) is 5.82 Å². The summed E-state index contributed by atoms with van der Waals surface area (Å²) in [6, 6.07) is 3.12. The van der Waals surface area contributed by atoms with Crippen LogP contribution in [0, 0.1) is 18.7 Å². The van der Waals surface area contributed by atoms with Gasteiger partial charge in [0.25, 0.3) is 0 Å². The van der Waals surface area contributed by atoms with Crippen LogP contribution >= 0.6 is 28.6 Å². The maximum absolute atomic E-state index is 13.3. The van der Waals surface area contributed by atoms with Gasteiger partial charge in [-0.2, -0.15) is 12.6 Å². The lowest BCUT2D eigenvalue weighted by molar-refractivity contribution is -0.117. The van der Waals surface area contributed by atoms with E-state index < -0.39 is 0 Å². The molecule has 1 saturated heterocycles. The summed E-state index contributed by atoms with van der Waals surface area (Å²) < 4.78 is 13.7. The van der Waals surface area contributed by atoms with Crippen molar-refractivity contribution in [2.45, 2.75) is 13.3 Å². The van der Waals surface area contributed by atoms with Gasteiger partial charge in [0.05, 0.1) is 4.47 Å². The molecule has 17 heavy (non-hydrogen) atoms. The SMILES string of the molecule is Cc1cc(F)c(Br)cc1N1CC(CS)CC1=O. The first-order valence-corrected chi connectivity index (χ1v) is 6.82. The Hall–Kier alpha value is -0.550. The van der Waals surface area contributed by atoms with E-state index in [1.807, 2.05) is 6.92 Å². The topological polar surface area (TPSA) is 20.3 Å². The van der Waals surface area contributed by atoms with Gasteiger partial charge in [0.15, 0.2) is 0 Å². The van der Waals surface area contributed by atoms with Gasteiger partial charge in [-0.25, -0.2) is 4.39 Å². The summed E-state index contributed by atoms with van der Waals surface area (Å²) in [6.45, 7) is 2.48. The van der Waals surface area contributed by atoms with Crippen molar-refractivity contribution in [1.29, 1.82) is 0 Å². The van der Waals surface area contributed by atoms with Crippen molar-refractivity contribution in [1.82, 2.24) is 0 Å². The summed E-state index contributed by atoms with van der Waals surface area (Å²) in [5.74, 6) is 0.771. The fourth-order valence-electron chi connectivity index (χ4n) is 2.06. The molecule has 0 N–H and O–H groups in total. The normalized spacial score (nSPS) is 20.1. The number of anilines is 1. The molecule has 1 aliphatic rings. The number of aryl methyl sites for hydroxylation is 1.